The number of rotatable bonds is 13. The van der Waals surface area contributed by atoms with E-state index in [9.17, 15) is 14.4 Å². The summed E-state index contributed by atoms with van der Waals surface area (Å²) < 4.78 is 6.53. The van der Waals surface area contributed by atoms with Gasteiger partial charge >= 0.3 is 5.97 Å². The molecule has 3 atom stereocenters. The molecule has 2 amide bonds. The van der Waals surface area contributed by atoms with Crippen LogP contribution in [0.4, 0.5) is 0 Å². The second-order valence-corrected chi connectivity index (χ2v) is 11.8. The Morgan fingerprint density at radius 3 is 2.69 bits per heavy atom. The maximum Gasteiger partial charge on any atom is 0.328 e. The van der Waals surface area contributed by atoms with Crippen LogP contribution in [-0.2, 0) is 32.1 Å². The average Bonchev–Trinajstić information content (AvgIpc) is 3.78. The molecule has 2 aliphatic rings. The molecule has 10 nitrogen and oxygen atoms in total. The zero-order chi connectivity index (χ0) is 30.3. The van der Waals surface area contributed by atoms with Gasteiger partial charge in [0.1, 0.15) is 6.04 Å². The van der Waals surface area contributed by atoms with E-state index in [4.69, 9.17) is 5.26 Å². The van der Waals surface area contributed by atoms with Crippen molar-refractivity contribution in [2.75, 3.05) is 45.3 Å². The molecule has 1 unspecified atom stereocenters. The fourth-order valence-corrected chi connectivity index (χ4v) is 6.04. The van der Waals surface area contributed by atoms with Crippen molar-refractivity contribution in [3.8, 4) is 6.07 Å². The number of likely N-dealkylation sites (tertiary alicyclic amines) is 2. The quantitative estimate of drug-likeness (QED) is 0.277. The van der Waals surface area contributed by atoms with Gasteiger partial charge in [0.25, 0.3) is 0 Å². The van der Waals surface area contributed by atoms with Crippen LogP contribution < -0.4 is 5.32 Å². The number of carbonyl (C=O) groups excluding carboxylic acids is 3. The molecule has 1 N–H and O–H groups in total. The number of aromatic nitrogens is 2. The zero-order valence-corrected chi connectivity index (χ0v) is 25.9. The first kappa shape index (κ1) is 33.1. The highest BCUT2D eigenvalue weighted by atomic mass is 32.2. The number of nitrogens with one attached hydrogen (secondary N) is 1. The maximum absolute atomic E-state index is 13.1. The fourth-order valence-electron chi connectivity index (χ4n) is 5.57. The number of imidazole rings is 1. The van der Waals surface area contributed by atoms with E-state index in [0.29, 0.717) is 37.4 Å². The van der Waals surface area contributed by atoms with Gasteiger partial charge in [0.15, 0.2) is 0 Å². The lowest BCUT2D eigenvalue weighted by Crippen LogP contribution is -2.43. The molecule has 1 aromatic heterocycles. The summed E-state index contributed by atoms with van der Waals surface area (Å²) >= 11 is 1.62. The van der Waals surface area contributed by atoms with E-state index >= 15 is 0 Å². The van der Waals surface area contributed by atoms with Crippen LogP contribution >= 0.6 is 11.8 Å². The van der Waals surface area contributed by atoms with Crippen molar-refractivity contribution in [3.05, 3.63) is 53.6 Å². The molecule has 11 heteroatoms. The van der Waals surface area contributed by atoms with Gasteiger partial charge in [-0.15, -0.1) is 0 Å². The predicted molar refractivity (Wildman–Crippen MR) is 164 cm³/mol. The highest BCUT2D eigenvalue weighted by Gasteiger charge is 2.32. The maximum atomic E-state index is 13.1. The minimum Gasteiger partial charge on any atom is -0.467 e. The summed E-state index contributed by atoms with van der Waals surface area (Å²) in [4.78, 5) is 43.1. The number of benzene rings is 1. The number of carbonyl (C=O) groups is 3. The van der Waals surface area contributed by atoms with Gasteiger partial charge < -0.3 is 24.4 Å². The molecule has 42 heavy (non-hydrogen) atoms. The highest BCUT2D eigenvalue weighted by Crippen LogP contribution is 2.24. The summed E-state index contributed by atoms with van der Waals surface area (Å²) in [6, 6.07) is 9.57. The number of methoxy groups -OCH3 is 1. The third-order valence-corrected chi connectivity index (χ3v) is 8.69. The summed E-state index contributed by atoms with van der Waals surface area (Å²) in [5.41, 5.74) is 2.70. The topological polar surface area (TPSA) is 121 Å². The Hall–Kier alpha value is -3.36. The van der Waals surface area contributed by atoms with Crippen LogP contribution in [0.1, 0.15) is 55.8 Å². The van der Waals surface area contributed by atoms with Crippen LogP contribution in [0, 0.1) is 17.2 Å². The normalized spacial score (nSPS) is 19.0. The largest absolute Gasteiger partial charge is 0.467 e. The lowest BCUT2D eigenvalue weighted by atomic mass is 10.1. The number of ether oxygens (including phenoxy) is 1. The standard InChI is InChI=1S/C24H31N5O.C7H13NO3S/c1-2-19-9-11-27(15-19)17-22-4-3-10-29(22)24(30)12-23-14-26-18-28(23)16-21-7-5-20(13-25)6-8-21;1-11-7(10)6(8-5-9)3-4-12-2/h5-8,14,18-19,22H,2-4,9-12,15-17H2,1H3;5-6H,3-4H2,1-2H3,(H,8,9)/t19-,22?;6-/m00/s1. The molecule has 2 aromatic rings. The number of thioether (sulfide) groups is 1. The molecule has 228 valence electrons. The second kappa shape index (κ2) is 17.6. The van der Waals surface area contributed by atoms with Gasteiger partial charge in [-0.2, -0.15) is 17.0 Å². The molecule has 1 aromatic carbocycles. The molecule has 2 fully saturated rings. The summed E-state index contributed by atoms with van der Waals surface area (Å²) in [6.07, 6.45) is 11.8. The molecule has 2 aliphatic heterocycles. The predicted octanol–water partition coefficient (Wildman–Crippen LogP) is 3.10. The highest BCUT2D eigenvalue weighted by molar-refractivity contribution is 7.98. The fraction of sp³-hybridized carbons (Fsp3) is 0.581. The van der Waals surface area contributed by atoms with E-state index in [1.54, 1.807) is 24.3 Å². The SMILES string of the molecule is CC[C@H]1CCN(CC2CCCN2C(=O)Cc2cncn2Cc2ccc(C#N)cc2)C1.COC(=O)[C@H](CCSC)NC=O. The van der Waals surface area contributed by atoms with Crippen LogP contribution in [0.3, 0.4) is 0 Å². The van der Waals surface area contributed by atoms with Crippen LogP contribution in [0.25, 0.3) is 0 Å². The number of amides is 2. The van der Waals surface area contributed by atoms with E-state index in [1.807, 2.05) is 35.1 Å². The van der Waals surface area contributed by atoms with E-state index < -0.39 is 12.0 Å². The molecule has 2 saturated heterocycles. The van der Waals surface area contributed by atoms with Gasteiger partial charge in [-0.3, -0.25) is 9.59 Å². The van der Waals surface area contributed by atoms with Crippen LogP contribution in [-0.4, -0.2) is 95.0 Å². The molecule has 0 bridgehead atoms. The molecule has 0 radical (unpaired) electrons. The lowest BCUT2D eigenvalue weighted by molar-refractivity contribution is -0.144. The average molecular weight is 597 g/mol. The van der Waals surface area contributed by atoms with Crippen molar-refractivity contribution in [1.82, 2.24) is 24.7 Å². The molecule has 4 rings (SSSR count). The minimum atomic E-state index is -0.500. The van der Waals surface area contributed by atoms with Crippen molar-refractivity contribution in [1.29, 1.82) is 5.26 Å². The first-order valence-corrected chi connectivity index (χ1v) is 16.1. The van der Waals surface area contributed by atoms with Crippen molar-refractivity contribution in [2.45, 2.75) is 64.1 Å². The monoisotopic (exact) mass is 596 g/mol. The van der Waals surface area contributed by atoms with Gasteiger partial charge in [0.2, 0.25) is 12.3 Å². The molecular formula is C31H44N6O4S. The Kier molecular flexibility index (Phi) is 13.9. The van der Waals surface area contributed by atoms with Crippen molar-refractivity contribution in [2.24, 2.45) is 5.92 Å². The Morgan fingerprint density at radius 2 is 2.05 bits per heavy atom. The van der Waals surface area contributed by atoms with Crippen LogP contribution in [0.5, 0.6) is 0 Å². The van der Waals surface area contributed by atoms with Gasteiger partial charge in [-0.25, -0.2) is 9.78 Å². The number of esters is 1. The first-order valence-electron chi connectivity index (χ1n) is 14.7. The van der Waals surface area contributed by atoms with Crippen LogP contribution in [0.2, 0.25) is 0 Å². The summed E-state index contributed by atoms with van der Waals surface area (Å²) in [5.74, 6) is 1.47. The molecular weight excluding hydrogens is 552 g/mol. The molecule has 0 spiro atoms. The van der Waals surface area contributed by atoms with Gasteiger partial charge in [-0.1, -0.05) is 25.5 Å². The second-order valence-electron chi connectivity index (χ2n) is 10.8. The Balaban J connectivity index is 0.000000343. The molecule has 0 saturated carbocycles. The number of nitriles is 1. The van der Waals surface area contributed by atoms with E-state index in [1.165, 1.54) is 33.0 Å². The van der Waals surface area contributed by atoms with Crippen molar-refractivity contribution < 1.29 is 19.1 Å². The van der Waals surface area contributed by atoms with Crippen molar-refractivity contribution in [3.63, 3.8) is 0 Å². The molecule has 0 aliphatic carbocycles. The zero-order valence-electron chi connectivity index (χ0n) is 25.0. The smallest absolute Gasteiger partial charge is 0.328 e. The Morgan fingerprint density at radius 1 is 1.26 bits per heavy atom. The van der Waals surface area contributed by atoms with Crippen molar-refractivity contribution >= 4 is 30.0 Å². The Labute approximate surface area is 253 Å². The lowest BCUT2D eigenvalue weighted by Gasteiger charge is -2.29. The molecule has 3 heterocycles. The number of nitrogens with zero attached hydrogens (tertiary/aromatic N) is 5. The number of hydrogen-bond donors (Lipinski definition) is 1. The minimum absolute atomic E-state index is 0.213. The number of hydrogen-bond acceptors (Lipinski definition) is 8. The third-order valence-electron chi connectivity index (χ3n) is 8.05. The summed E-state index contributed by atoms with van der Waals surface area (Å²) in [6.45, 7) is 7.19. The Bertz CT molecular complexity index is 1180. The first-order chi connectivity index (χ1) is 20.4. The third kappa shape index (κ3) is 9.88. The van der Waals surface area contributed by atoms with Crippen LogP contribution in [0.15, 0.2) is 36.8 Å². The summed E-state index contributed by atoms with van der Waals surface area (Å²) in [5, 5.41) is 11.4. The van der Waals surface area contributed by atoms with E-state index in [-0.39, 0.29) is 5.91 Å². The van der Waals surface area contributed by atoms with Gasteiger partial charge in [0.05, 0.1) is 31.5 Å². The summed E-state index contributed by atoms with van der Waals surface area (Å²) in [7, 11) is 1.31. The van der Waals surface area contributed by atoms with E-state index in [2.05, 4.69) is 37.8 Å². The van der Waals surface area contributed by atoms with Gasteiger partial charge in [0, 0.05) is 44.1 Å². The van der Waals surface area contributed by atoms with Gasteiger partial charge in [-0.05, 0) is 67.9 Å². The van der Waals surface area contributed by atoms with E-state index in [0.717, 1.165) is 48.9 Å².